The summed E-state index contributed by atoms with van der Waals surface area (Å²) in [7, 11) is 0. The molecule has 1 saturated heterocycles. The van der Waals surface area contributed by atoms with Gasteiger partial charge in [0.25, 0.3) is 0 Å². The van der Waals surface area contributed by atoms with Gasteiger partial charge in [-0.05, 0) is 42.7 Å². The van der Waals surface area contributed by atoms with Crippen LogP contribution < -0.4 is 10.6 Å². The minimum absolute atomic E-state index is 0.00195. The Morgan fingerprint density at radius 1 is 1.25 bits per heavy atom. The van der Waals surface area contributed by atoms with Crippen molar-refractivity contribution in [2.75, 3.05) is 18.4 Å². The van der Waals surface area contributed by atoms with Crippen LogP contribution in [0.1, 0.15) is 29.3 Å². The maximum Gasteiger partial charge on any atom is 0.322 e. The summed E-state index contributed by atoms with van der Waals surface area (Å²) in [5, 5.41) is 14.9. The fourth-order valence-corrected chi connectivity index (χ4v) is 3.84. The average molecular weight is 436 g/mol. The number of carbonyl (C=O) groups excluding carboxylic acids is 1. The Balaban J connectivity index is 1.40. The molecule has 0 saturated carbocycles. The number of H-pyrrole nitrogens is 1. The van der Waals surface area contributed by atoms with E-state index in [1.807, 2.05) is 12.1 Å². The second-order valence-corrected chi connectivity index (χ2v) is 7.70. The summed E-state index contributed by atoms with van der Waals surface area (Å²) in [4.78, 5) is 21.3. The Morgan fingerprint density at radius 2 is 2.00 bits per heavy atom. The van der Waals surface area contributed by atoms with Gasteiger partial charge in [0.05, 0.1) is 29.7 Å². The average Bonchev–Trinajstić information content (AvgIpc) is 3.49. The minimum atomic E-state index is -0.811. The molecule has 32 heavy (non-hydrogen) atoms. The van der Waals surface area contributed by atoms with Crippen LogP contribution >= 0.6 is 0 Å². The number of hydrogen-bond donors (Lipinski definition) is 3. The smallest absolute Gasteiger partial charge is 0.322 e. The number of nitriles is 1. The summed E-state index contributed by atoms with van der Waals surface area (Å²) < 4.78 is 27.7. The van der Waals surface area contributed by atoms with Crippen molar-refractivity contribution in [3.05, 3.63) is 83.4 Å². The summed E-state index contributed by atoms with van der Waals surface area (Å²) >= 11 is 0. The van der Waals surface area contributed by atoms with Crippen molar-refractivity contribution in [3.63, 3.8) is 0 Å². The number of anilines is 1. The van der Waals surface area contributed by atoms with Crippen molar-refractivity contribution in [2.45, 2.75) is 24.9 Å². The lowest BCUT2D eigenvalue weighted by Crippen LogP contribution is -2.39. The first-order valence-electron chi connectivity index (χ1n) is 10.3. The molecule has 7 nitrogen and oxygen atoms in total. The molecule has 9 heteroatoms. The van der Waals surface area contributed by atoms with Crippen LogP contribution in [0, 0.1) is 23.0 Å². The molecule has 0 radical (unpaired) electrons. The molecule has 2 heterocycles. The SMILES string of the molecule is N#Cc1ccc(C[C@H](NC2CCN(C(=O)Nc3c(F)cccc3F)C2)c2cnc[nH]2)cc1. The third-order valence-corrected chi connectivity index (χ3v) is 5.52. The Morgan fingerprint density at radius 3 is 2.66 bits per heavy atom. The Hall–Kier alpha value is -3.77. The van der Waals surface area contributed by atoms with Gasteiger partial charge in [-0.1, -0.05) is 18.2 Å². The monoisotopic (exact) mass is 436 g/mol. The summed E-state index contributed by atoms with van der Waals surface area (Å²) in [5.41, 5.74) is 2.12. The molecule has 3 N–H and O–H groups in total. The molecule has 4 rings (SSSR count). The van der Waals surface area contributed by atoms with Crippen molar-refractivity contribution in [1.82, 2.24) is 20.2 Å². The number of benzene rings is 2. The number of para-hydroxylation sites is 1. The maximum absolute atomic E-state index is 13.8. The van der Waals surface area contributed by atoms with E-state index in [4.69, 9.17) is 5.26 Å². The largest absolute Gasteiger partial charge is 0.347 e. The first kappa shape index (κ1) is 21.5. The molecule has 2 aromatic carbocycles. The predicted molar refractivity (Wildman–Crippen MR) is 115 cm³/mol. The Bertz CT molecular complexity index is 1090. The summed E-state index contributed by atoms with van der Waals surface area (Å²) in [5.74, 6) is -1.62. The van der Waals surface area contributed by atoms with Gasteiger partial charge in [-0.25, -0.2) is 18.6 Å². The van der Waals surface area contributed by atoms with E-state index in [-0.39, 0.29) is 12.1 Å². The van der Waals surface area contributed by atoms with Gasteiger partial charge in [-0.3, -0.25) is 0 Å². The van der Waals surface area contributed by atoms with Crippen molar-refractivity contribution in [2.24, 2.45) is 0 Å². The first-order valence-corrected chi connectivity index (χ1v) is 10.3. The first-order chi connectivity index (χ1) is 15.5. The lowest BCUT2D eigenvalue weighted by atomic mass is 10.0. The molecule has 1 aromatic heterocycles. The van der Waals surface area contributed by atoms with Gasteiger partial charge in [0.2, 0.25) is 0 Å². The quantitative estimate of drug-likeness (QED) is 0.548. The number of carbonyl (C=O) groups is 1. The van der Waals surface area contributed by atoms with Crippen LogP contribution in [0.5, 0.6) is 0 Å². The number of halogens is 2. The van der Waals surface area contributed by atoms with E-state index in [9.17, 15) is 13.6 Å². The van der Waals surface area contributed by atoms with E-state index < -0.39 is 23.4 Å². The van der Waals surface area contributed by atoms with Crippen molar-refractivity contribution in [3.8, 4) is 6.07 Å². The van der Waals surface area contributed by atoms with Gasteiger partial charge < -0.3 is 20.5 Å². The van der Waals surface area contributed by atoms with E-state index >= 15 is 0 Å². The third kappa shape index (κ3) is 4.92. The fourth-order valence-electron chi connectivity index (χ4n) is 3.84. The van der Waals surface area contributed by atoms with Crippen molar-refractivity contribution >= 4 is 11.7 Å². The summed E-state index contributed by atoms with van der Waals surface area (Å²) in [6.07, 6.45) is 4.73. The highest BCUT2D eigenvalue weighted by Crippen LogP contribution is 2.22. The number of urea groups is 1. The predicted octanol–water partition coefficient (Wildman–Crippen LogP) is 3.74. The molecule has 3 aromatic rings. The number of rotatable bonds is 6. The number of nitrogens with one attached hydrogen (secondary N) is 3. The van der Waals surface area contributed by atoms with Crippen LogP contribution in [0.25, 0.3) is 0 Å². The van der Waals surface area contributed by atoms with Crippen molar-refractivity contribution in [1.29, 1.82) is 5.26 Å². The zero-order chi connectivity index (χ0) is 22.5. The number of amides is 2. The van der Waals surface area contributed by atoms with E-state index in [1.54, 1.807) is 24.7 Å². The van der Waals surface area contributed by atoms with Crippen LogP contribution in [0.3, 0.4) is 0 Å². The molecule has 0 spiro atoms. The summed E-state index contributed by atoms with van der Waals surface area (Å²) in [6.45, 7) is 0.867. The van der Waals surface area contributed by atoms with Crippen LogP contribution in [-0.2, 0) is 6.42 Å². The van der Waals surface area contributed by atoms with E-state index in [0.717, 1.165) is 23.4 Å². The Kier molecular flexibility index (Phi) is 6.42. The standard InChI is InChI=1S/C23H22F2N6O/c24-18-2-1-3-19(25)22(18)30-23(32)31-9-8-17(13-31)29-20(21-12-27-14-28-21)10-15-4-6-16(11-26)7-5-15/h1-7,12,14,17,20,29H,8-10,13H2,(H,27,28)(H,30,32)/t17?,20-/m0/s1. The van der Waals surface area contributed by atoms with Crippen molar-refractivity contribution < 1.29 is 13.6 Å². The second kappa shape index (κ2) is 9.58. The number of hydrogen-bond acceptors (Lipinski definition) is 4. The van der Waals surface area contributed by atoms with Crippen LogP contribution in [0.15, 0.2) is 55.0 Å². The number of aromatic amines is 1. The maximum atomic E-state index is 13.8. The topological polar surface area (TPSA) is 96.8 Å². The fraction of sp³-hybridized carbons (Fsp3) is 0.261. The normalized spacial score (nSPS) is 16.5. The molecule has 1 fully saturated rings. The molecule has 0 aliphatic carbocycles. The zero-order valence-electron chi connectivity index (χ0n) is 17.2. The number of imidazole rings is 1. The lowest BCUT2D eigenvalue weighted by molar-refractivity contribution is 0.220. The van der Waals surface area contributed by atoms with E-state index in [0.29, 0.717) is 31.5 Å². The highest BCUT2D eigenvalue weighted by atomic mass is 19.1. The van der Waals surface area contributed by atoms with Gasteiger partial charge in [0.15, 0.2) is 0 Å². The van der Waals surface area contributed by atoms with Gasteiger partial charge in [0, 0.05) is 25.3 Å². The highest BCUT2D eigenvalue weighted by Gasteiger charge is 2.29. The molecule has 2 amide bonds. The van der Waals surface area contributed by atoms with Crippen LogP contribution in [0.4, 0.5) is 19.3 Å². The molecular weight excluding hydrogens is 414 g/mol. The number of nitrogens with zero attached hydrogens (tertiary/aromatic N) is 3. The molecule has 1 unspecified atom stereocenters. The number of likely N-dealkylation sites (tertiary alicyclic amines) is 1. The van der Waals surface area contributed by atoms with Gasteiger partial charge in [-0.15, -0.1) is 0 Å². The molecule has 164 valence electrons. The summed E-state index contributed by atoms with van der Waals surface area (Å²) in [6, 6.07) is 12.3. The molecule has 1 aliphatic heterocycles. The lowest BCUT2D eigenvalue weighted by Gasteiger charge is -2.23. The van der Waals surface area contributed by atoms with E-state index in [2.05, 4.69) is 26.7 Å². The van der Waals surface area contributed by atoms with Gasteiger partial charge >= 0.3 is 6.03 Å². The number of aromatic nitrogens is 2. The molecule has 2 atom stereocenters. The van der Waals surface area contributed by atoms with E-state index in [1.165, 1.54) is 11.0 Å². The van der Waals surface area contributed by atoms with Gasteiger partial charge in [-0.2, -0.15) is 5.26 Å². The molecule has 0 bridgehead atoms. The third-order valence-electron chi connectivity index (χ3n) is 5.52. The zero-order valence-corrected chi connectivity index (χ0v) is 17.2. The molecule has 1 aliphatic rings. The van der Waals surface area contributed by atoms with Crippen LogP contribution in [0.2, 0.25) is 0 Å². The van der Waals surface area contributed by atoms with Crippen LogP contribution in [-0.4, -0.2) is 40.0 Å². The highest BCUT2D eigenvalue weighted by molar-refractivity contribution is 5.89. The Labute approximate surface area is 184 Å². The molecular formula is C23H22F2N6O. The van der Waals surface area contributed by atoms with Gasteiger partial charge in [0.1, 0.15) is 17.3 Å². The minimum Gasteiger partial charge on any atom is -0.347 e. The second-order valence-electron chi connectivity index (χ2n) is 7.70.